The van der Waals surface area contributed by atoms with Gasteiger partial charge < -0.3 is 15.2 Å². The summed E-state index contributed by atoms with van der Waals surface area (Å²) in [5, 5.41) is 23.1. The monoisotopic (exact) mass is 257 g/mol. The second kappa shape index (κ2) is 6.27. The van der Waals surface area contributed by atoms with Gasteiger partial charge in [-0.1, -0.05) is 0 Å². The van der Waals surface area contributed by atoms with Crippen LogP contribution in [0.15, 0.2) is 0 Å². The van der Waals surface area contributed by atoms with E-state index in [2.05, 4.69) is 30.7 Å². The van der Waals surface area contributed by atoms with E-state index in [1.807, 2.05) is 0 Å². The summed E-state index contributed by atoms with van der Waals surface area (Å²) in [5.74, 6) is -2.90. The molecule has 10 heteroatoms. The smallest absolute Gasteiger partial charge is 0.326 e. The first-order valence-electron chi connectivity index (χ1n) is 4.88. The molecule has 0 aliphatic rings. The number of carboxylic acids is 1. The Balaban J connectivity index is 2.55. The van der Waals surface area contributed by atoms with Gasteiger partial charge in [-0.3, -0.25) is 9.59 Å². The van der Waals surface area contributed by atoms with Crippen LogP contribution in [0.5, 0.6) is 0 Å². The molecular weight excluding hydrogens is 246 g/mol. The van der Waals surface area contributed by atoms with Crippen molar-refractivity contribution in [2.45, 2.75) is 18.9 Å². The number of aliphatic carboxylic acids is 1. The molecule has 0 aliphatic heterocycles. The third-order valence-corrected chi connectivity index (χ3v) is 2.02. The molecule has 0 aliphatic carbocycles. The average Bonchev–Trinajstić information content (AvgIpc) is 2.87. The minimum atomic E-state index is -1.27. The summed E-state index contributed by atoms with van der Waals surface area (Å²) < 4.78 is 4.37. The largest absolute Gasteiger partial charge is 0.480 e. The van der Waals surface area contributed by atoms with Crippen LogP contribution < -0.4 is 5.32 Å². The number of nitrogens with zero attached hydrogens (tertiary/aromatic N) is 3. The summed E-state index contributed by atoms with van der Waals surface area (Å²) in [5.41, 5.74) is 0. The summed E-state index contributed by atoms with van der Waals surface area (Å²) in [6, 6.07) is -1.23. The minimum absolute atomic E-state index is 0.0917. The Kier molecular flexibility index (Phi) is 4.72. The molecule has 10 nitrogen and oxygen atoms in total. The number of hydrogen-bond acceptors (Lipinski definition) is 7. The van der Waals surface area contributed by atoms with Gasteiger partial charge in [-0.2, -0.15) is 5.21 Å². The molecule has 98 valence electrons. The van der Waals surface area contributed by atoms with E-state index in [-0.39, 0.29) is 18.7 Å². The molecule has 0 fully saturated rings. The number of tetrazole rings is 1. The SMILES string of the molecule is COC(=O)CC[C@@H](NC(=O)c1nn[nH]n1)C(=O)O. The van der Waals surface area contributed by atoms with Gasteiger partial charge in [0.2, 0.25) is 0 Å². The second-order valence-electron chi connectivity index (χ2n) is 3.21. The second-order valence-corrected chi connectivity index (χ2v) is 3.21. The van der Waals surface area contributed by atoms with Crippen molar-refractivity contribution in [3.63, 3.8) is 0 Å². The number of carboxylic acid groups (broad SMARTS) is 1. The molecule has 1 heterocycles. The number of methoxy groups -OCH3 is 1. The highest BCUT2D eigenvalue weighted by Gasteiger charge is 2.23. The number of ether oxygens (including phenoxy) is 1. The fraction of sp³-hybridized carbons (Fsp3) is 0.500. The van der Waals surface area contributed by atoms with Crippen LogP contribution in [-0.4, -0.2) is 56.7 Å². The number of aromatic nitrogens is 4. The van der Waals surface area contributed by atoms with E-state index in [0.717, 1.165) is 0 Å². The summed E-state index contributed by atoms with van der Waals surface area (Å²) in [7, 11) is 1.19. The Morgan fingerprint density at radius 2 is 2.22 bits per heavy atom. The molecule has 0 aromatic carbocycles. The van der Waals surface area contributed by atoms with Gasteiger partial charge in [-0.05, 0) is 11.6 Å². The predicted molar refractivity (Wildman–Crippen MR) is 54.3 cm³/mol. The zero-order chi connectivity index (χ0) is 13.5. The van der Waals surface area contributed by atoms with Gasteiger partial charge in [0, 0.05) is 6.42 Å². The van der Waals surface area contributed by atoms with E-state index in [9.17, 15) is 14.4 Å². The fourth-order valence-corrected chi connectivity index (χ4v) is 1.10. The van der Waals surface area contributed by atoms with Crippen molar-refractivity contribution in [2.75, 3.05) is 7.11 Å². The van der Waals surface area contributed by atoms with Gasteiger partial charge in [-0.25, -0.2) is 4.79 Å². The number of carbonyl (C=O) groups is 3. The van der Waals surface area contributed by atoms with E-state index in [4.69, 9.17) is 5.11 Å². The van der Waals surface area contributed by atoms with Gasteiger partial charge in [0.25, 0.3) is 11.7 Å². The minimum Gasteiger partial charge on any atom is -0.480 e. The van der Waals surface area contributed by atoms with Crippen molar-refractivity contribution >= 4 is 17.8 Å². The molecule has 1 atom stereocenters. The maximum absolute atomic E-state index is 11.5. The number of aromatic amines is 1. The number of amides is 1. The number of hydrogen-bond donors (Lipinski definition) is 3. The number of H-pyrrole nitrogens is 1. The van der Waals surface area contributed by atoms with Gasteiger partial charge in [0.15, 0.2) is 0 Å². The van der Waals surface area contributed by atoms with Crippen LogP contribution in [0.4, 0.5) is 0 Å². The van der Waals surface area contributed by atoms with E-state index in [1.165, 1.54) is 7.11 Å². The lowest BCUT2D eigenvalue weighted by Crippen LogP contribution is -2.41. The molecule has 0 saturated carbocycles. The first-order chi connectivity index (χ1) is 8.54. The molecule has 3 N–H and O–H groups in total. The number of rotatable bonds is 6. The Bertz CT molecular complexity index is 431. The molecule has 0 saturated heterocycles. The van der Waals surface area contributed by atoms with E-state index >= 15 is 0 Å². The van der Waals surface area contributed by atoms with Crippen LogP contribution >= 0.6 is 0 Å². The van der Waals surface area contributed by atoms with Gasteiger partial charge in [0.1, 0.15) is 6.04 Å². The highest BCUT2D eigenvalue weighted by molar-refractivity contribution is 5.93. The summed E-state index contributed by atoms with van der Waals surface area (Å²) in [6.07, 6.45) is -0.217. The Morgan fingerprint density at radius 1 is 1.50 bits per heavy atom. The average molecular weight is 257 g/mol. The zero-order valence-corrected chi connectivity index (χ0v) is 9.41. The highest BCUT2D eigenvalue weighted by atomic mass is 16.5. The normalized spacial score (nSPS) is 11.6. The highest BCUT2D eigenvalue weighted by Crippen LogP contribution is 2.00. The van der Waals surface area contributed by atoms with Crippen LogP contribution in [0.2, 0.25) is 0 Å². The molecule has 0 radical (unpaired) electrons. The zero-order valence-electron chi connectivity index (χ0n) is 9.41. The molecule has 0 spiro atoms. The third kappa shape index (κ3) is 3.81. The molecule has 0 unspecified atom stereocenters. The molecule has 1 rings (SSSR count). The van der Waals surface area contributed by atoms with E-state index in [0.29, 0.717) is 0 Å². The molecule has 0 bridgehead atoms. The first kappa shape index (κ1) is 13.5. The number of nitrogens with one attached hydrogen (secondary N) is 2. The van der Waals surface area contributed by atoms with Gasteiger partial charge in [0.05, 0.1) is 7.11 Å². The molecule has 1 amide bonds. The lowest BCUT2D eigenvalue weighted by molar-refractivity contribution is -0.142. The number of carbonyl (C=O) groups excluding carboxylic acids is 2. The van der Waals surface area contributed by atoms with Crippen LogP contribution in [0, 0.1) is 0 Å². The topological polar surface area (TPSA) is 147 Å². The summed E-state index contributed by atoms with van der Waals surface area (Å²) in [6.45, 7) is 0. The van der Waals surface area contributed by atoms with Gasteiger partial charge >= 0.3 is 11.9 Å². The van der Waals surface area contributed by atoms with Crippen molar-refractivity contribution in [2.24, 2.45) is 0 Å². The van der Waals surface area contributed by atoms with Gasteiger partial charge in [-0.15, -0.1) is 10.2 Å². The molecule has 18 heavy (non-hydrogen) atoms. The Morgan fingerprint density at radius 3 is 2.72 bits per heavy atom. The Labute approximate surface area is 101 Å². The summed E-state index contributed by atoms with van der Waals surface area (Å²) >= 11 is 0. The van der Waals surface area contributed by atoms with E-state index < -0.39 is 23.9 Å². The third-order valence-electron chi connectivity index (χ3n) is 2.02. The fourth-order valence-electron chi connectivity index (χ4n) is 1.10. The van der Waals surface area contributed by atoms with Crippen LogP contribution in [0.25, 0.3) is 0 Å². The molecular formula is C8H11N5O5. The van der Waals surface area contributed by atoms with Crippen molar-refractivity contribution in [3.8, 4) is 0 Å². The van der Waals surface area contributed by atoms with Crippen LogP contribution in [-0.2, 0) is 14.3 Å². The first-order valence-corrected chi connectivity index (χ1v) is 4.88. The summed E-state index contributed by atoms with van der Waals surface area (Å²) in [4.78, 5) is 33.2. The maximum Gasteiger partial charge on any atom is 0.326 e. The quantitative estimate of drug-likeness (QED) is 0.513. The van der Waals surface area contributed by atoms with Crippen LogP contribution in [0.3, 0.4) is 0 Å². The van der Waals surface area contributed by atoms with Crippen LogP contribution in [0.1, 0.15) is 23.5 Å². The van der Waals surface area contributed by atoms with Crippen molar-refractivity contribution in [1.29, 1.82) is 0 Å². The lowest BCUT2D eigenvalue weighted by Gasteiger charge is -2.12. The predicted octanol–water partition coefficient (Wildman–Crippen LogP) is -1.66. The van der Waals surface area contributed by atoms with Crippen molar-refractivity contribution in [3.05, 3.63) is 5.82 Å². The lowest BCUT2D eigenvalue weighted by atomic mass is 10.1. The molecule has 1 aromatic rings. The maximum atomic E-state index is 11.5. The number of esters is 1. The van der Waals surface area contributed by atoms with Crippen molar-refractivity contribution in [1.82, 2.24) is 25.9 Å². The molecule has 1 aromatic heterocycles. The van der Waals surface area contributed by atoms with Crippen molar-refractivity contribution < 1.29 is 24.2 Å². The Hall–Kier alpha value is -2.52. The standard InChI is InChI=1S/C8H11N5O5/c1-18-5(14)3-2-4(8(16)17)9-7(15)6-10-12-13-11-6/h4H,2-3H2,1H3,(H,9,15)(H,16,17)(H,10,11,12,13)/t4-/m1/s1. The van der Waals surface area contributed by atoms with E-state index in [1.54, 1.807) is 0 Å².